The Morgan fingerprint density at radius 2 is 2.00 bits per heavy atom. The van der Waals surface area contributed by atoms with Crippen LogP contribution < -0.4 is 5.73 Å². The number of fused-ring (bicyclic) bond motifs is 3. The normalized spacial score (nSPS) is 14.1. The second-order valence-corrected chi connectivity index (χ2v) is 8.13. The topological polar surface area (TPSA) is 70.9 Å². The number of nitrogens with zero attached hydrogens (tertiary/aromatic N) is 3. The number of hydrogen-bond acceptors (Lipinski definition) is 4. The van der Waals surface area contributed by atoms with E-state index >= 15 is 0 Å². The molecule has 0 saturated carbocycles. The number of benzene rings is 2. The quantitative estimate of drug-likeness (QED) is 0.394. The molecule has 0 radical (unpaired) electrons. The van der Waals surface area contributed by atoms with Crippen LogP contribution in [0.3, 0.4) is 0 Å². The van der Waals surface area contributed by atoms with Gasteiger partial charge in [-0.15, -0.1) is 0 Å². The minimum Gasteiger partial charge on any atom is -0.398 e. The minimum atomic E-state index is 0.608. The van der Waals surface area contributed by atoms with Gasteiger partial charge in [0.25, 0.3) is 0 Å². The molecule has 0 bridgehead atoms. The highest BCUT2D eigenvalue weighted by Crippen LogP contribution is 2.34. The van der Waals surface area contributed by atoms with Gasteiger partial charge in [-0.25, -0.2) is 4.98 Å². The lowest BCUT2D eigenvalue weighted by Crippen LogP contribution is -2.27. The molecule has 2 aromatic carbocycles. The molecule has 0 spiro atoms. The number of nitrogen functional groups attached to an aromatic ring is 1. The Bertz CT molecular complexity index is 1270. The van der Waals surface area contributed by atoms with Crippen LogP contribution in [0.1, 0.15) is 22.4 Å². The lowest BCUT2D eigenvalue weighted by molar-refractivity contribution is 0.311. The summed E-state index contributed by atoms with van der Waals surface area (Å²) in [5.41, 5.74) is 14.6. The van der Waals surface area contributed by atoms with E-state index in [0.717, 1.165) is 42.0 Å². The van der Waals surface area contributed by atoms with Crippen LogP contribution >= 0.6 is 0 Å². The highest BCUT2D eigenvalue weighted by atomic mass is 15.1. The van der Waals surface area contributed by atoms with E-state index in [-0.39, 0.29) is 0 Å². The van der Waals surface area contributed by atoms with Crippen molar-refractivity contribution in [3.8, 4) is 16.9 Å². The van der Waals surface area contributed by atoms with Crippen LogP contribution in [0.15, 0.2) is 54.7 Å². The zero-order valence-corrected chi connectivity index (χ0v) is 17.3. The van der Waals surface area contributed by atoms with Gasteiger partial charge in [-0.3, -0.25) is 4.57 Å². The average molecular weight is 396 g/mol. The van der Waals surface area contributed by atoms with E-state index < -0.39 is 0 Å². The minimum absolute atomic E-state index is 0.608. The lowest BCUT2D eigenvalue weighted by atomic mass is 10.0. The monoisotopic (exact) mass is 395 g/mol. The van der Waals surface area contributed by atoms with E-state index in [2.05, 4.69) is 53.8 Å². The van der Waals surface area contributed by atoms with E-state index in [1.54, 1.807) is 0 Å². The van der Waals surface area contributed by atoms with Crippen LogP contribution in [0, 0.1) is 12.3 Å². The van der Waals surface area contributed by atoms with Crippen LogP contribution in [0.4, 0.5) is 5.69 Å². The van der Waals surface area contributed by atoms with Gasteiger partial charge in [-0.05, 0) is 55.4 Å². The molecule has 0 saturated heterocycles. The van der Waals surface area contributed by atoms with E-state index in [1.807, 2.05) is 24.4 Å². The third-order valence-corrected chi connectivity index (χ3v) is 6.07. The summed E-state index contributed by atoms with van der Waals surface area (Å²) in [6, 6.07) is 16.5. The van der Waals surface area contributed by atoms with E-state index in [1.165, 1.54) is 33.9 Å². The lowest BCUT2D eigenvalue weighted by Gasteiger charge is -2.24. The third-order valence-electron chi connectivity index (χ3n) is 6.07. The van der Waals surface area contributed by atoms with Crippen LogP contribution in [-0.4, -0.2) is 34.3 Å². The third kappa shape index (κ3) is 2.90. The standard InChI is InChI=1S/C25H25N5/c1-16-6-8-23-19(12-16)21-15-29(2)11-10-24(21)30(23)25-9-7-17(14-28-25)18-4-3-5-22(27)20(18)13-26/h3-9,12-14,26H,10-11,15,27H2,1-2H3. The van der Waals surface area contributed by atoms with Crippen molar-refractivity contribution < 1.29 is 0 Å². The molecule has 1 aliphatic heterocycles. The first-order valence-electron chi connectivity index (χ1n) is 10.2. The van der Waals surface area contributed by atoms with Crippen molar-refractivity contribution in [3.63, 3.8) is 0 Å². The van der Waals surface area contributed by atoms with E-state index in [9.17, 15) is 0 Å². The molecule has 2 aromatic heterocycles. The summed E-state index contributed by atoms with van der Waals surface area (Å²) in [5, 5.41) is 9.05. The molecule has 3 N–H and O–H groups in total. The van der Waals surface area contributed by atoms with Gasteiger partial charge in [-0.1, -0.05) is 23.8 Å². The Labute approximate surface area is 176 Å². The maximum atomic E-state index is 7.73. The second kappa shape index (κ2) is 7.11. The molecule has 0 aliphatic carbocycles. The molecule has 30 heavy (non-hydrogen) atoms. The summed E-state index contributed by atoms with van der Waals surface area (Å²) in [4.78, 5) is 7.21. The molecule has 5 nitrogen and oxygen atoms in total. The number of nitrogens with two attached hydrogens (primary N) is 1. The molecule has 5 heteroatoms. The maximum absolute atomic E-state index is 7.73. The number of rotatable bonds is 3. The number of pyridine rings is 1. The van der Waals surface area contributed by atoms with Gasteiger partial charge in [0.15, 0.2) is 0 Å². The van der Waals surface area contributed by atoms with Crippen molar-refractivity contribution in [3.05, 3.63) is 77.1 Å². The fourth-order valence-electron chi connectivity index (χ4n) is 4.54. The van der Waals surface area contributed by atoms with Crippen molar-refractivity contribution >= 4 is 22.8 Å². The summed E-state index contributed by atoms with van der Waals surface area (Å²) in [6.07, 6.45) is 4.21. The van der Waals surface area contributed by atoms with Crippen molar-refractivity contribution in [2.24, 2.45) is 0 Å². The molecule has 0 atom stereocenters. The SMILES string of the molecule is Cc1ccc2c(c1)c1c(n2-c2ccc(-c3cccc(N)c3C=N)cn2)CCN(C)C1. The van der Waals surface area contributed by atoms with Gasteiger partial charge in [0.1, 0.15) is 5.82 Å². The molecular weight excluding hydrogens is 370 g/mol. The first-order chi connectivity index (χ1) is 14.6. The number of aryl methyl sites for hydroxylation is 1. The first-order valence-corrected chi connectivity index (χ1v) is 10.2. The summed E-state index contributed by atoms with van der Waals surface area (Å²) in [6.45, 7) is 4.16. The van der Waals surface area contributed by atoms with Crippen LogP contribution in [0.5, 0.6) is 0 Å². The van der Waals surface area contributed by atoms with Gasteiger partial charge >= 0.3 is 0 Å². The summed E-state index contributed by atoms with van der Waals surface area (Å²) in [7, 11) is 2.18. The predicted molar refractivity (Wildman–Crippen MR) is 124 cm³/mol. The van der Waals surface area contributed by atoms with Crippen molar-refractivity contribution in [2.75, 3.05) is 19.3 Å². The van der Waals surface area contributed by atoms with Crippen molar-refractivity contribution in [1.82, 2.24) is 14.5 Å². The highest BCUT2D eigenvalue weighted by Gasteiger charge is 2.23. The largest absolute Gasteiger partial charge is 0.398 e. The van der Waals surface area contributed by atoms with Gasteiger partial charge in [0.05, 0.1) is 5.52 Å². The van der Waals surface area contributed by atoms with Crippen LogP contribution in [-0.2, 0) is 13.0 Å². The van der Waals surface area contributed by atoms with Crippen LogP contribution in [0.25, 0.3) is 27.8 Å². The summed E-state index contributed by atoms with van der Waals surface area (Å²) in [5.74, 6) is 0.929. The zero-order chi connectivity index (χ0) is 20.8. The first kappa shape index (κ1) is 18.6. The molecule has 4 aromatic rings. The number of aromatic nitrogens is 2. The molecule has 0 unspecified atom stereocenters. The number of nitrogens with one attached hydrogen (secondary N) is 1. The number of hydrogen-bond donors (Lipinski definition) is 2. The van der Waals surface area contributed by atoms with Gasteiger partial charge in [0.2, 0.25) is 0 Å². The van der Waals surface area contributed by atoms with Crippen molar-refractivity contribution in [2.45, 2.75) is 19.9 Å². The van der Waals surface area contributed by atoms with Crippen LogP contribution in [0.2, 0.25) is 0 Å². The van der Waals surface area contributed by atoms with E-state index in [0.29, 0.717) is 5.69 Å². The Hall–Kier alpha value is -3.44. The van der Waals surface area contributed by atoms with Crippen molar-refractivity contribution in [1.29, 1.82) is 5.41 Å². The fourth-order valence-corrected chi connectivity index (χ4v) is 4.54. The smallest absolute Gasteiger partial charge is 0.137 e. The predicted octanol–water partition coefficient (Wildman–Crippen LogP) is 4.57. The Morgan fingerprint density at radius 1 is 1.13 bits per heavy atom. The second-order valence-electron chi connectivity index (χ2n) is 8.13. The average Bonchev–Trinajstić information content (AvgIpc) is 3.06. The molecule has 5 rings (SSSR count). The molecule has 1 aliphatic rings. The highest BCUT2D eigenvalue weighted by molar-refractivity contribution is 5.95. The summed E-state index contributed by atoms with van der Waals surface area (Å²) < 4.78 is 2.32. The molecule has 0 amide bonds. The van der Waals surface area contributed by atoms with Gasteiger partial charge in [-0.2, -0.15) is 0 Å². The molecule has 3 heterocycles. The molecule has 150 valence electrons. The fraction of sp³-hybridized carbons (Fsp3) is 0.200. The Balaban J connectivity index is 1.66. The van der Waals surface area contributed by atoms with Gasteiger partial charge in [0, 0.05) is 59.8 Å². The number of anilines is 1. The summed E-state index contributed by atoms with van der Waals surface area (Å²) >= 11 is 0. The molecule has 0 fully saturated rings. The maximum Gasteiger partial charge on any atom is 0.137 e. The Morgan fingerprint density at radius 3 is 2.77 bits per heavy atom. The molecular formula is C25H25N5. The van der Waals surface area contributed by atoms with E-state index in [4.69, 9.17) is 16.1 Å². The zero-order valence-electron chi connectivity index (χ0n) is 17.3. The number of likely N-dealkylation sites (N-methyl/N-ethyl adjacent to an activating group) is 1. The van der Waals surface area contributed by atoms with Gasteiger partial charge < -0.3 is 16.0 Å². The Kier molecular flexibility index (Phi) is 4.40.